The first-order valence-corrected chi connectivity index (χ1v) is 9.94. The number of alkyl carbamates (subject to hydrolysis) is 1. The summed E-state index contributed by atoms with van der Waals surface area (Å²) in [6.45, 7) is 0.877. The fraction of sp³-hybridized carbons (Fsp3) is 0.304. The van der Waals surface area contributed by atoms with Crippen molar-refractivity contribution in [3.63, 3.8) is 0 Å². The summed E-state index contributed by atoms with van der Waals surface area (Å²) in [6.07, 6.45) is 1.74. The van der Waals surface area contributed by atoms with Gasteiger partial charge in [-0.15, -0.1) is 0 Å². The molecular formula is C23H24FN3O3. The lowest BCUT2D eigenvalue weighted by atomic mass is 9.89. The Morgan fingerprint density at radius 2 is 2.10 bits per heavy atom. The first kappa shape index (κ1) is 20.1. The Balaban J connectivity index is 1.50. The lowest BCUT2D eigenvalue weighted by Gasteiger charge is -2.28. The average Bonchev–Trinajstić information content (AvgIpc) is 3.30. The number of Topliss-reactive ketones (excluding diaryl/α,β-unsaturated/α-hetero) is 1. The minimum Gasteiger partial charge on any atom is -0.445 e. The summed E-state index contributed by atoms with van der Waals surface area (Å²) >= 11 is 0. The van der Waals surface area contributed by atoms with Crippen molar-refractivity contribution in [1.29, 1.82) is 0 Å². The van der Waals surface area contributed by atoms with Gasteiger partial charge in [0.25, 0.3) is 0 Å². The van der Waals surface area contributed by atoms with Gasteiger partial charge < -0.3 is 15.0 Å². The van der Waals surface area contributed by atoms with Gasteiger partial charge in [-0.05, 0) is 36.4 Å². The number of aromatic nitrogens is 1. The van der Waals surface area contributed by atoms with Crippen LogP contribution in [0.3, 0.4) is 0 Å². The fourth-order valence-electron chi connectivity index (χ4n) is 4.15. The second-order valence-electron chi connectivity index (χ2n) is 7.71. The van der Waals surface area contributed by atoms with Gasteiger partial charge in [-0.3, -0.25) is 9.69 Å². The van der Waals surface area contributed by atoms with Crippen molar-refractivity contribution >= 4 is 22.8 Å². The Kier molecular flexibility index (Phi) is 5.81. The molecule has 6 nitrogen and oxygen atoms in total. The molecule has 2 heterocycles. The molecule has 30 heavy (non-hydrogen) atoms. The van der Waals surface area contributed by atoms with Gasteiger partial charge in [0.15, 0.2) is 0 Å². The monoisotopic (exact) mass is 409 g/mol. The molecule has 1 aliphatic rings. The summed E-state index contributed by atoms with van der Waals surface area (Å²) in [7, 11) is 1.91. The molecular weight excluding hydrogens is 385 g/mol. The first-order valence-electron chi connectivity index (χ1n) is 9.94. The summed E-state index contributed by atoms with van der Waals surface area (Å²) in [5, 5.41) is 3.73. The zero-order valence-corrected chi connectivity index (χ0v) is 16.7. The van der Waals surface area contributed by atoms with Crippen LogP contribution < -0.4 is 5.32 Å². The highest BCUT2D eigenvalue weighted by molar-refractivity contribution is 5.86. The van der Waals surface area contributed by atoms with E-state index < -0.39 is 6.09 Å². The number of ketones is 1. The van der Waals surface area contributed by atoms with Crippen LogP contribution in [-0.2, 0) is 16.1 Å². The molecule has 3 aromatic rings. The maximum Gasteiger partial charge on any atom is 0.407 e. The highest BCUT2D eigenvalue weighted by Crippen LogP contribution is 2.33. The number of likely N-dealkylation sites (tertiary alicyclic amines) is 1. The van der Waals surface area contributed by atoms with E-state index in [1.165, 1.54) is 12.1 Å². The van der Waals surface area contributed by atoms with Gasteiger partial charge in [0.2, 0.25) is 0 Å². The van der Waals surface area contributed by atoms with Crippen molar-refractivity contribution in [2.75, 3.05) is 20.1 Å². The molecule has 7 heteroatoms. The van der Waals surface area contributed by atoms with E-state index in [9.17, 15) is 14.0 Å². The van der Waals surface area contributed by atoms with Crippen molar-refractivity contribution < 1.29 is 18.7 Å². The van der Waals surface area contributed by atoms with E-state index in [-0.39, 0.29) is 30.2 Å². The van der Waals surface area contributed by atoms with Crippen molar-refractivity contribution in [1.82, 2.24) is 15.2 Å². The molecule has 0 aliphatic carbocycles. The molecule has 156 valence electrons. The van der Waals surface area contributed by atoms with Crippen LogP contribution in [0.5, 0.6) is 0 Å². The van der Waals surface area contributed by atoms with Gasteiger partial charge in [-0.2, -0.15) is 0 Å². The SMILES string of the molecule is CN1CC(=O)CC1[C@H](CNC(=O)OCc1ccccc1)c1c[nH]c2cc(F)ccc12. The molecule has 1 aromatic heterocycles. The predicted octanol–water partition coefficient (Wildman–Crippen LogP) is 3.59. The minimum atomic E-state index is -0.512. The molecule has 0 spiro atoms. The number of hydrogen-bond acceptors (Lipinski definition) is 4. The number of amides is 1. The fourth-order valence-corrected chi connectivity index (χ4v) is 4.15. The van der Waals surface area contributed by atoms with E-state index in [0.29, 0.717) is 25.0 Å². The van der Waals surface area contributed by atoms with Crippen molar-refractivity contribution in [2.24, 2.45) is 0 Å². The predicted molar refractivity (Wildman–Crippen MR) is 112 cm³/mol. The molecule has 0 bridgehead atoms. The van der Waals surface area contributed by atoms with Gasteiger partial charge >= 0.3 is 6.09 Å². The molecule has 2 atom stereocenters. The number of H-pyrrole nitrogens is 1. The first-order chi connectivity index (χ1) is 14.5. The molecule has 2 N–H and O–H groups in total. The number of carbonyl (C=O) groups excluding carboxylic acids is 2. The topological polar surface area (TPSA) is 74.4 Å². The second-order valence-corrected chi connectivity index (χ2v) is 7.71. The van der Waals surface area contributed by atoms with Crippen LogP contribution in [0.4, 0.5) is 9.18 Å². The molecule has 1 unspecified atom stereocenters. The Hall–Kier alpha value is -3.19. The number of nitrogens with one attached hydrogen (secondary N) is 2. The van der Waals surface area contributed by atoms with Crippen molar-refractivity contribution in [3.05, 3.63) is 71.7 Å². The number of ether oxygens (including phenoxy) is 1. The molecule has 1 fully saturated rings. The molecule has 2 aromatic carbocycles. The smallest absolute Gasteiger partial charge is 0.407 e. The van der Waals surface area contributed by atoms with Gasteiger partial charge in [-0.1, -0.05) is 30.3 Å². The summed E-state index contributed by atoms with van der Waals surface area (Å²) in [6, 6.07) is 14.0. The van der Waals surface area contributed by atoms with Crippen LogP contribution in [0.2, 0.25) is 0 Å². The standard InChI is InChI=1S/C23H24FN3O3/c1-27-13-17(28)10-22(27)20(19-11-25-21-9-16(24)7-8-18(19)21)12-26-23(29)30-14-15-5-3-2-4-6-15/h2-9,11,20,22,25H,10,12-14H2,1H3,(H,26,29)/t20-,22?/m1/s1. The lowest BCUT2D eigenvalue weighted by Crippen LogP contribution is -2.38. The summed E-state index contributed by atoms with van der Waals surface area (Å²) < 4.78 is 18.9. The Bertz CT molecular complexity index is 1050. The normalized spacial score (nSPS) is 17.9. The Morgan fingerprint density at radius 3 is 2.83 bits per heavy atom. The largest absolute Gasteiger partial charge is 0.445 e. The summed E-state index contributed by atoms with van der Waals surface area (Å²) in [5.74, 6) is -0.293. The van der Waals surface area contributed by atoms with Crippen LogP contribution in [0.25, 0.3) is 10.9 Å². The van der Waals surface area contributed by atoms with Gasteiger partial charge in [-0.25, -0.2) is 9.18 Å². The lowest BCUT2D eigenvalue weighted by molar-refractivity contribution is -0.116. The van der Waals surface area contributed by atoms with Gasteiger partial charge in [0.05, 0.1) is 6.54 Å². The highest BCUT2D eigenvalue weighted by atomic mass is 19.1. The third-order valence-corrected chi connectivity index (χ3v) is 5.65. The summed E-state index contributed by atoms with van der Waals surface area (Å²) in [4.78, 5) is 29.4. The van der Waals surface area contributed by atoms with E-state index in [4.69, 9.17) is 4.74 Å². The van der Waals surface area contributed by atoms with Crippen LogP contribution in [0.15, 0.2) is 54.7 Å². The molecule has 1 aliphatic heterocycles. The third kappa shape index (κ3) is 4.36. The molecule has 0 saturated carbocycles. The van der Waals surface area contributed by atoms with E-state index in [0.717, 1.165) is 16.5 Å². The van der Waals surface area contributed by atoms with Crippen LogP contribution in [-0.4, -0.2) is 47.9 Å². The van der Waals surface area contributed by atoms with Crippen molar-refractivity contribution in [2.45, 2.75) is 25.0 Å². The number of aromatic amines is 1. The van der Waals surface area contributed by atoms with E-state index in [2.05, 4.69) is 10.3 Å². The second kappa shape index (κ2) is 8.67. The van der Waals surface area contributed by atoms with Crippen LogP contribution in [0.1, 0.15) is 23.5 Å². The maximum absolute atomic E-state index is 13.6. The van der Waals surface area contributed by atoms with E-state index >= 15 is 0 Å². The number of fused-ring (bicyclic) bond motifs is 1. The summed E-state index contributed by atoms with van der Waals surface area (Å²) in [5.41, 5.74) is 2.54. The van der Waals surface area contributed by atoms with E-state index in [1.54, 1.807) is 6.07 Å². The van der Waals surface area contributed by atoms with Crippen LogP contribution >= 0.6 is 0 Å². The van der Waals surface area contributed by atoms with Crippen LogP contribution in [0, 0.1) is 5.82 Å². The molecule has 4 rings (SSSR count). The van der Waals surface area contributed by atoms with Gasteiger partial charge in [0.1, 0.15) is 18.2 Å². The zero-order chi connectivity index (χ0) is 21.1. The van der Waals surface area contributed by atoms with Crippen molar-refractivity contribution in [3.8, 4) is 0 Å². The zero-order valence-electron chi connectivity index (χ0n) is 16.7. The number of rotatable bonds is 6. The highest BCUT2D eigenvalue weighted by Gasteiger charge is 2.36. The third-order valence-electron chi connectivity index (χ3n) is 5.65. The molecule has 0 radical (unpaired) electrons. The number of halogens is 1. The number of likely N-dealkylation sites (N-methyl/N-ethyl adjacent to an activating group) is 1. The number of nitrogens with zero attached hydrogens (tertiary/aromatic N) is 1. The minimum absolute atomic E-state index is 0.0593. The van der Waals surface area contributed by atoms with Gasteiger partial charge in [0, 0.05) is 42.0 Å². The molecule has 1 saturated heterocycles. The Morgan fingerprint density at radius 1 is 1.30 bits per heavy atom. The number of hydrogen-bond donors (Lipinski definition) is 2. The quantitative estimate of drug-likeness (QED) is 0.653. The maximum atomic E-state index is 13.6. The van der Waals surface area contributed by atoms with E-state index in [1.807, 2.05) is 48.5 Å². The molecule has 1 amide bonds. The number of benzene rings is 2. The average molecular weight is 409 g/mol. The Labute approximate surface area is 174 Å². The number of carbonyl (C=O) groups is 2.